The molecule has 3 nitrogen and oxygen atoms in total. The van der Waals surface area contributed by atoms with Crippen LogP contribution in [0.4, 0.5) is 0 Å². The second-order valence-corrected chi connectivity index (χ2v) is 6.86. The van der Waals surface area contributed by atoms with Gasteiger partial charge in [0.25, 0.3) is 0 Å². The first-order valence-electron chi connectivity index (χ1n) is 5.87. The maximum Gasteiger partial charge on any atom is 0.331 e. The van der Waals surface area contributed by atoms with Gasteiger partial charge in [0.2, 0.25) is 0 Å². The molecule has 1 aliphatic rings. The predicted octanol–water partition coefficient (Wildman–Crippen LogP) is 2.69. The van der Waals surface area contributed by atoms with E-state index in [-0.39, 0.29) is 0 Å². The smallest absolute Gasteiger partial charge is 0.331 e. The third-order valence-corrected chi connectivity index (χ3v) is 5.76. The van der Waals surface area contributed by atoms with Crippen molar-refractivity contribution in [2.75, 3.05) is 12.8 Å². The van der Waals surface area contributed by atoms with Crippen molar-refractivity contribution in [2.24, 2.45) is 0 Å². The first-order chi connectivity index (χ1) is 8.66. The van der Waals surface area contributed by atoms with Crippen molar-refractivity contribution in [2.45, 2.75) is 6.92 Å². The van der Waals surface area contributed by atoms with Crippen molar-refractivity contribution in [1.29, 1.82) is 0 Å². The summed E-state index contributed by atoms with van der Waals surface area (Å²) in [7, 11) is -2.66. The van der Waals surface area contributed by atoms with Crippen LogP contribution in [0.15, 0.2) is 53.9 Å². The molecule has 0 fully saturated rings. The number of allylic oxidation sites excluding steroid dienone is 3. The zero-order valence-corrected chi connectivity index (χ0v) is 11.1. The van der Waals surface area contributed by atoms with Gasteiger partial charge >= 0.3 is 5.97 Å². The monoisotopic (exact) mass is 262 g/mol. The Labute approximate surface area is 107 Å². The summed E-state index contributed by atoms with van der Waals surface area (Å²) in [5, 5.41) is 1.36. The van der Waals surface area contributed by atoms with Gasteiger partial charge in [0.1, 0.15) is 7.14 Å². The molecule has 0 radical (unpaired) electrons. The summed E-state index contributed by atoms with van der Waals surface area (Å²) in [6.45, 7) is 2.07. The number of hydrogen-bond acceptors (Lipinski definition) is 3. The Hall–Kier alpha value is -1.60. The Bertz CT molecular complexity index is 543. The molecule has 2 rings (SSSR count). The molecule has 0 bridgehead atoms. The van der Waals surface area contributed by atoms with Crippen molar-refractivity contribution >= 4 is 18.4 Å². The minimum absolute atomic E-state index is 0.321. The first-order valence-corrected chi connectivity index (χ1v) is 7.76. The number of rotatable bonds is 3. The Morgan fingerprint density at radius 2 is 2.11 bits per heavy atom. The molecule has 0 spiro atoms. The van der Waals surface area contributed by atoms with Gasteiger partial charge < -0.3 is 9.30 Å². The molecule has 0 amide bonds. The predicted molar refractivity (Wildman–Crippen MR) is 72.4 cm³/mol. The fraction of sp³-hybridized carbons (Fsp3) is 0.214. The number of ether oxygens (including phenoxy) is 1. The average molecular weight is 262 g/mol. The highest BCUT2D eigenvalue weighted by Gasteiger charge is 2.31. The summed E-state index contributed by atoms with van der Waals surface area (Å²) in [6, 6.07) is 9.28. The van der Waals surface area contributed by atoms with E-state index in [1.807, 2.05) is 36.4 Å². The van der Waals surface area contributed by atoms with E-state index in [0.29, 0.717) is 18.1 Å². The average Bonchev–Trinajstić information content (AvgIpc) is 2.74. The Morgan fingerprint density at radius 1 is 1.39 bits per heavy atom. The Morgan fingerprint density at radius 3 is 2.78 bits per heavy atom. The van der Waals surface area contributed by atoms with Gasteiger partial charge in [-0.05, 0) is 6.92 Å². The molecule has 1 aromatic carbocycles. The Kier molecular flexibility index (Phi) is 3.83. The van der Waals surface area contributed by atoms with Crippen molar-refractivity contribution in [3.8, 4) is 0 Å². The first kappa shape index (κ1) is 12.8. The van der Waals surface area contributed by atoms with E-state index in [4.69, 9.17) is 4.74 Å². The molecule has 0 N–H and O–H groups in total. The van der Waals surface area contributed by atoms with Crippen molar-refractivity contribution in [1.82, 2.24) is 0 Å². The summed E-state index contributed by atoms with van der Waals surface area (Å²) >= 11 is 0. The number of benzene rings is 1. The van der Waals surface area contributed by atoms with Crippen LogP contribution in [0.25, 0.3) is 0 Å². The summed E-state index contributed by atoms with van der Waals surface area (Å²) in [5.74, 6) is -0.435. The van der Waals surface area contributed by atoms with Crippen LogP contribution in [0, 0.1) is 0 Å². The molecule has 1 heterocycles. The molecule has 18 heavy (non-hydrogen) atoms. The number of carbonyl (C=O) groups is 1. The summed E-state index contributed by atoms with van der Waals surface area (Å²) in [5.41, 5.74) is 0. The third kappa shape index (κ3) is 2.46. The lowest BCUT2D eigenvalue weighted by Crippen LogP contribution is -2.07. The van der Waals surface area contributed by atoms with Gasteiger partial charge in [-0.1, -0.05) is 42.5 Å². The fourth-order valence-corrected chi connectivity index (χ4v) is 4.36. The maximum atomic E-state index is 12.9. The maximum absolute atomic E-state index is 12.9. The second kappa shape index (κ2) is 5.36. The molecule has 94 valence electrons. The molecule has 4 heteroatoms. The van der Waals surface area contributed by atoms with Gasteiger partial charge in [0, 0.05) is 22.9 Å². The highest BCUT2D eigenvalue weighted by atomic mass is 31.2. The largest absolute Gasteiger partial charge is 0.463 e. The minimum atomic E-state index is -2.66. The van der Waals surface area contributed by atoms with Crippen LogP contribution in [0.2, 0.25) is 0 Å². The summed E-state index contributed by atoms with van der Waals surface area (Å²) in [6.07, 6.45) is 5.42. The van der Waals surface area contributed by atoms with Crippen LogP contribution in [0.3, 0.4) is 0 Å². The van der Waals surface area contributed by atoms with Gasteiger partial charge in [-0.25, -0.2) is 4.79 Å². The second-order valence-electron chi connectivity index (χ2n) is 3.98. The van der Waals surface area contributed by atoms with E-state index in [2.05, 4.69) is 0 Å². The molecule has 1 aromatic rings. The quantitative estimate of drug-likeness (QED) is 0.478. The highest BCUT2D eigenvalue weighted by molar-refractivity contribution is 7.76. The van der Waals surface area contributed by atoms with Crippen molar-refractivity contribution in [3.63, 3.8) is 0 Å². The molecule has 0 aromatic heterocycles. The van der Waals surface area contributed by atoms with E-state index in [0.717, 1.165) is 5.30 Å². The van der Waals surface area contributed by atoms with Crippen LogP contribution < -0.4 is 5.30 Å². The minimum Gasteiger partial charge on any atom is -0.463 e. The molecule has 1 unspecified atom stereocenters. The zero-order valence-electron chi connectivity index (χ0n) is 10.2. The molecule has 1 atom stereocenters. The van der Waals surface area contributed by atoms with Crippen LogP contribution in [0.5, 0.6) is 0 Å². The van der Waals surface area contributed by atoms with Gasteiger partial charge in [-0.2, -0.15) is 0 Å². The number of hydrogen-bond donors (Lipinski definition) is 0. The van der Waals surface area contributed by atoms with Gasteiger partial charge in [0.05, 0.1) is 6.61 Å². The van der Waals surface area contributed by atoms with Gasteiger partial charge in [-0.3, -0.25) is 0 Å². The van der Waals surface area contributed by atoms with Crippen LogP contribution in [-0.4, -0.2) is 18.7 Å². The number of esters is 1. The fourth-order valence-electron chi connectivity index (χ4n) is 1.93. The van der Waals surface area contributed by atoms with E-state index in [1.54, 1.807) is 13.0 Å². The highest BCUT2D eigenvalue weighted by Crippen LogP contribution is 2.56. The van der Waals surface area contributed by atoms with Gasteiger partial charge in [-0.15, -0.1) is 0 Å². The standard InChI is InChI=1S/C14H15O3P/c1-2-17-14(15)11-13-9-6-10-18(13,16)12-7-4-3-5-8-12/h3-9,11H,2,10H2,1H3/b13-11-. The Balaban J connectivity index is 2.34. The summed E-state index contributed by atoms with van der Waals surface area (Å²) < 4.78 is 17.8. The van der Waals surface area contributed by atoms with Crippen LogP contribution in [0.1, 0.15) is 6.92 Å². The van der Waals surface area contributed by atoms with E-state index >= 15 is 0 Å². The number of carbonyl (C=O) groups excluding carboxylic acids is 1. The van der Waals surface area contributed by atoms with Crippen LogP contribution in [-0.2, 0) is 14.1 Å². The lowest BCUT2D eigenvalue weighted by Gasteiger charge is -2.13. The normalized spacial score (nSPS) is 24.4. The van der Waals surface area contributed by atoms with Crippen molar-refractivity contribution < 1.29 is 14.1 Å². The molecule has 0 saturated carbocycles. The molecule has 1 aliphatic heterocycles. The molecule has 0 aliphatic carbocycles. The molecule has 0 saturated heterocycles. The molecular formula is C14H15O3P. The lowest BCUT2D eigenvalue weighted by molar-refractivity contribution is -0.137. The lowest BCUT2D eigenvalue weighted by atomic mass is 10.4. The van der Waals surface area contributed by atoms with E-state index in [1.165, 1.54) is 6.08 Å². The zero-order chi connectivity index (χ0) is 13.0. The topological polar surface area (TPSA) is 43.4 Å². The summed E-state index contributed by atoms with van der Waals surface area (Å²) in [4.78, 5) is 11.5. The third-order valence-electron chi connectivity index (χ3n) is 2.79. The van der Waals surface area contributed by atoms with Gasteiger partial charge in [0.15, 0.2) is 0 Å². The SMILES string of the molecule is CCOC(=O)/C=C1/C=CCP1(=O)c1ccccc1. The van der Waals surface area contributed by atoms with Crippen LogP contribution >= 0.6 is 7.14 Å². The van der Waals surface area contributed by atoms with E-state index < -0.39 is 13.1 Å². The van der Waals surface area contributed by atoms with Crippen molar-refractivity contribution in [3.05, 3.63) is 53.9 Å². The molecular weight excluding hydrogens is 247 g/mol. The van der Waals surface area contributed by atoms with E-state index in [9.17, 15) is 9.36 Å².